The van der Waals surface area contributed by atoms with Crippen molar-refractivity contribution in [1.29, 1.82) is 0 Å². The third-order valence-corrected chi connectivity index (χ3v) is 2.74. The molecule has 0 aromatic heterocycles. The third-order valence-electron chi connectivity index (χ3n) is 2.74. The molecule has 0 aromatic rings. The Hall–Kier alpha value is -0.610. The molecule has 1 N–H and O–H groups in total. The largest absolute Gasteiger partial charge is 0.463 e. The molecule has 17 heavy (non-hydrogen) atoms. The van der Waals surface area contributed by atoms with Crippen LogP contribution in [0, 0.1) is 5.92 Å². The zero-order valence-corrected chi connectivity index (χ0v) is 11.3. The molecule has 4 nitrogen and oxygen atoms in total. The monoisotopic (exact) mass is 243 g/mol. The van der Waals surface area contributed by atoms with E-state index in [1.54, 1.807) is 0 Å². The topological polar surface area (TPSA) is 47.6 Å². The summed E-state index contributed by atoms with van der Waals surface area (Å²) in [5.74, 6) is 0.344. The Morgan fingerprint density at radius 3 is 2.71 bits per heavy atom. The highest BCUT2D eigenvalue weighted by atomic mass is 16.6. The van der Waals surface area contributed by atoms with Gasteiger partial charge in [-0.3, -0.25) is 4.79 Å². The van der Waals surface area contributed by atoms with Gasteiger partial charge in [-0.25, -0.2) is 0 Å². The third kappa shape index (κ3) is 7.34. The van der Waals surface area contributed by atoms with E-state index >= 15 is 0 Å². The van der Waals surface area contributed by atoms with E-state index in [1.807, 2.05) is 20.8 Å². The lowest BCUT2D eigenvalue weighted by Crippen LogP contribution is -2.31. The van der Waals surface area contributed by atoms with Crippen LogP contribution in [-0.2, 0) is 14.3 Å². The van der Waals surface area contributed by atoms with Crippen LogP contribution in [-0.4, -0.2) is 37.9 Å². The van der Waals surface area contributed by atoms with Gasteiger partial charge >= 0.3 is 5.97 Å². The van der Waals surface area contributed by atoms with Crippen LogP contribution in [0.25, 0.3) is 0 Å². The van der Waals surface area contributed by atoms with Crippen molar-refractivity contribution >= 4 is 5.97 Å². The number of rotatable bonds is 5. The SMILES string of the molecule is CC(C)(C)OCCOC(=O)CC1CCCNC1. The first kappa shape index (κ1) is 14.5. The molecule has 1 unspecified atom stereocenters. The summed E-state index contributed by atoms with van der Waals surface area (Å²) in [6.45, 7) is 8.81. The standard InChI is InChI=1S/C13H25NO3/c1-13(2,3)17-8-7-16-12(15)9-11-5-4-6-14-10-11/h11,14H,4-10H2,1-3H3. The fourth-order valence-corrected chi connectivity index (χ4v) is 1.90. The molecular weight excluding hydrogens is 218 g/mol. The van der Waals surface area contributed by atoms with Gasteiger partial charge in [-0.05, 0) is 52.6 Å². The summed E-state index contributed by atoms with van der Waals surface area (Å²) in [4.78, 5) is 11.5. The lowest BCUT2D eigenvalue weighted by atomic mass is 9.96. The number of piperidine rings is 1. The van der Waals surface area contributed by atoms with Crippen LogP contribution in [0.5, 0.6) is 0 Å². The van der Waals surface area contributed by atoms with Crippen molar-refractivity contribution in [3.05, 3.63) is 0 Å². The van der Waals surface area contributed by atoms with Gasteiger partial charge in [-0.2, -0.15) is 0 Å². The van der Waals surface area contributed by atoms with Crippen LogP contribution in [0.3, 0.4) is 0 Å². The second-order valence-corrected chi connectivity index (χ2v) is 5.60. The quantitative estimate of drug-likeness (QED) is 0.590. The molecule has 1 heterocycles. The van der Waals surface area contributed by atoms with Gasteiger partial charge in [-0.15, -0.1) is 0 Å². The van der Waals surface area contributed by atoms with Crippen molar-refractivity contribution in [3.8, 4) is 0 Å². The summed E-state index contributed by atoms with van der Waals surface area (Å²) in [5, 5.41) is 3.29. The first-order valence-electron chi connectivity index (χ1n) is 6.48. The number of carbonyl (C=O) groups excluding carboxylic acids is 1. The van der Waals surface area contributed by atoms with Crippen molar-refractivity contribution in [2.24, 2.45) is 5.92 Å². The van der Waals surface area contributed by atoms with Crippen LogP contribution < -0.4 is 5.32 Å². The first-order chi connectivity index (χ1) is 7.97. The average Bonchev–Trinajstić information content (AvgIpc) is 2.25. The highest BCUT2D eigenvalue weighted by molar-refractivity contribution is 5.69. The predicted octanol–water partition coefficient (Wildman–Crippen LogP) is 1.73. The summed E-state index contributed by atoms with van der Waals surface area (Å²) in [5.41, 5.74) is -0.167. The van der Waals surface area contributed by atoms with Crippen molar-refractivity contribution in [2.75, 3.05) is 26.3 Å². The smallest absolute Gasteiger partial charge is 0.306 e. The fourth-order valence-electron chi connectivity index (χ4n) is 1.90. The molecule has 1 rings (SSSR count). The van der Waals surface area contributed by atoms with Gasteiger partial charge in [0.2, 0.25) is 0 Å². The number of hydrogen-bond acceptors (Lipinski definition) is 4. The Kier molecular flexibility index (Phi) is 5.92. The van der Waals surface area contributed by atoms with Crippen molar-refractivity contribution < 1.29 is 14.3 Å². The van der Waals surface area contributed by atoms with Crippen LogP contribution in [0.4, 0.5) is 0 Å². The maximum Gasteiger partial charge on any atom is 0.306 e. The van der Waals surface area contributed by atoms with E-state index in [2.05, 4.69) is 5.32 Å². The Labute approximate surface area is 104 Å². The maximum atomic E-state index is 11.5. The number of hydrogen-bond donors (Lipinski definition) is 1. The summed E-state index contributed by atoms with van der Waals surface area (Å²) >= 11 is 0. The number of ether oxygens (including phenoxy) is 2. The van der Waals surface area contributed by atoms with Gasteiger partial charge in [0.1, 0.15) is 6.61 Å². The molecule has 0 amide bonds. The van der Waals surface area contributed by atoms with E-state index in [-0.39, 0.29) is 11.6 Å². The lowest BCUT2D eigenvalue weighted by molar-refractivity contribution is -0.148. The van der Waals surface area contributed by atoms with Gasteiger partial charge in [0, 0.05) is 6.42 Å². The zero-order chi connectivity index (χ0) is 12.7. The molecule has 0 radical (unpaired) electrons. The minimum Gasteiger partial charge on any atom is -0.463 e. The molecule has 0 aliphatic carbocycles. The number of esters is 1. The molecule has 1 atom stereocenters. The van der Waals surface area contributed by atoms with E-state index < -0.39 is 0 Å². The van der Waals surface area contributed by atoms with E-state index in [1.165, 1.54) is 0 Å². The van der Waals surface area contributed by atoms with E-state index in [0.29, 0.717) is 25.6 Å². The molecule has 0 aromatic carbocycles. The molecule has 1 saturated heterocycles. The second kappa shape index (κ2) is 6.97. The normalized spacial score (nSPS) is 21.2. The van der Waals surface area contributed by atoms with Crippen LogP contribution in [0.2, 0.25) is 0 Å². The molecule has 0 bridgehead atoms. The molecule has 100 valence electrons. The Bertz CT molecular complexity index is 229. The molecule has 0 saturated carbocycles. The fraction of sp³-hybridized carbons (Fsp3) is 0.923. The Balaban J connectivity index is 2.04. The van der Waals surface area contributed by atoms with E-state index in [9.17, 15) is 4.79 Å². The minimum atomic E-state index is -0.167. The van der Waals surface area contributed by atoms with E-state index in [4.69, 9.17) is 9.47 Å². The van der Waals surface area contributed by atoms with Crippen LogP contribution in [0.1, 0.15) is 40.0 Å². The minimum absolute atomic E-state index is 0.101. The highest BCUT2D eigenvalue weighted by Crippen LogP contribution is 2.14. The summed E-state index contributed by atoms with van der Waals surface area (Å²) in [7, 11) is 0. The van der Waals surface area contributed by atoms with Gasteiger partial charge in [-0.1, -0.05) is 0 Å². The summed E-state index contributed by atoms with van der Waals surface area (Å²) in [6.07, 6.45) is 2.81. The molecule has 1 fully saturated rings. The molecule has 0 spiro atoms. The molecule has 1 aliphatic rings. The Morgan fingerprint density at radius 2 is 2.12 bits per heavy atom. The maximum absolute atomic E-state index is 11.5. The van der Waals surface area contributed by atoms with Gasteiger partial charge < -0.3 is 14.8 Å². The summed E-state index contributed by atoms with van der Waals surface area (Å²) < 4.78 is 10.6. The molecule has 4 heteroatoms. The van der Waals surface area contributed by atoms with Gasteiger partial charge in [0.25, 0.3) is 0 Å². The van der Waals surface area contributed by atoms with Crippen molar-refractivity contribution in [1.82, 2.24) is 5.32 Å². The van der Waals surface area contributed by atoms with Crippen molar-refractivity contribution in [2.45, 2.75) is 45.6 Å². The zero-order valence-electron chi connectivity index (χ0n) is 11.3. The summed E-state index contributed by atoms with van der Waals surface area (Å²) in [6, 6.07) is 0. The Morgan fingerprint density at radius 1 is 1.35 bits per heavy atom. The highest BCUT2D eigenvalue weighted by Gasteiger charge is 2.17. The van der Waals surface area contributed by atoms with Crippen LogP contribution >= 0.6 is 0 Å². The van der Waals surface area contributed by atoms with Gasteiger partial charge in [0.05, 0.1) is 12.2 Å². The second-order valence-electron chi connectivity index (χ2n) is 5.60. The van der Waals surface area contributed by atoms with Gasteiger partial charge in [0.15, 0.2) is 0 Å². The van der Waals surface area contributed by atoms with Crippen molar-refractivity contribution in [3.63, 3.8) is 0 Å². The lowest BCUT2D eigenvalue weighted by Gasteiger charge is -2.22. The van der Waals surface area contributed by atoms with Crippen LogP contribution in [0.15, 0.2) is 0 Å². The predicted molar refractivity (Wildman–Crippen MR) is 66.9 cm³/mol. The van der Waals surface area contributed by atoms with E-state index in [0.717, 1.165) is 25.9 Å². The number of nitrogens with one attached hydrogen (secondary N) is 1. The first-order valence-corrected chi connectivity index (χ1v) is 6.48. The molecule has 1 aliphatic heterocycles. The molecular formula is C13H25NO3. The number of carbonyl (C=O) groups is 1. The average molecular weight is 243 g/mol.